The van der Waals surface area contributed by atoms with Gasteiger partial charge in [0, 0.05) is 12.7 Å². The number of carboxylic acid groups (broad SMARTS) is 1. The molecular weight excluding hydrogens is 232 g/mol. The van der Waals surface area contributed by atoms with Crippen LogP contribution in [0.25, 0.3) is 5.52 Å². The summed E-state index contributed by atoms with van der Waals surface area (Å²) >= 11 is 0. The van der Waals surface area contributed by atoms with E-state index in [1.165, 1.54) is 0 Å². The van der Waals surface area contributed by atoms with Gasteiger partial charge in [-0.1, -0.05) is 5.21 Å². The monoisotopic (exact) mass is 246 g/mol. The number of carbonyl (C=O) groups is 1. The van der Waals surface area contributed by atoms with Gasteiger partial charge in [-0.05, 0) is 36.6 Å². The number of pyridine rings is 1. The predicted molar refractivity (Wildman–Crippen MR) is 64.3 cm³/mol. The second-order valence-corrected chi connectivity index (χ2v) is 4.61. The number of aromatic nitrogens is 3. The van der Waals surface area contributed by atoms with Gasteiger partial charge in [-0.15, -0.1) is 5.10 Å². The highest BCUT2D eigenvalue weighted by Crippen LogP contribution is 2.30. The van der Waals surface area contributed by atoms with Crippen molar-refractivity contribution in [2.75, 3.05) is 13.1 Å². The first-order valence-corrected chi connectivity index (χ1v) is 5.99. The summed E-state index contributed by atoms with van der Waals surface area (Å²) in [6, 6.07) is 3.92. The van der Waals surface area contributed by atoms with Gasteiger partial charge >= 0.3 is 5.97 Å². The van der Waals surface area contributed by atoms with Crippen LogP contribution in [-0.2, 0) is 4.79 Å². The number of nitrogens with zero attached hydrogens (tertiary/aromatic N) is 3. The van der Waals surface area contributed by atoms with E-state index in [9.17, 15) is 9.90 Å². The van der Waals surface area contributed by atoms with Crippen molar-refractivity contribution in [3.05, 3.63) is 30.1 Å². The molecule has 6 heteroatoms. The summed E-state index contributed by atoms with van der Waals surface area (Å²) < 4.78 is 1.68. The Bertz CT molecular complexity index is 580. The first-order valence-electron chi connectivity index (χ1n) is 5.99. The van der Waals surface area contributed by atoms with E-state index >= 15 is 0 Å². The van der Waals surface area contributed by atoms with Crippen molar-refractivity contribution >= 4 is 11.5 Å². The molecule has 2 atom stereocenters. The van der Waals surface area contributed by atoms with E-state index in [2.05, 4.69) is 15.6 Å². The van der Waals surface area contributed by atoms with Crippen LogP contribution in [0.2, 0.25) is 0 Å². The minimum absolute atomic E-state index is 0.0589. The highest BCUT2D eigenvalue weighted by Gasteiger charge is 2.31. The first kappa shape index (κ1) is 11.2. The van der Waals surface area contributed by atoms with Crippen molar-refractivity contribution in [3.63, 3.8) is 0 Å². The summed E-state index contributed by atoms with van der Waals surface area (Å²) in [4.78, 5) is 11.3. The van der Waals surface area contributed by atoms with E-state index in [-0.39, 0.29) is 11.8 Å². The SMILES string of the molecule is O=C(O)C1CNCCC1c1ccn2nncc2c1. The maximum atomic E-state index is 11.3. The molecule has 0 spiro atoms. The molecule has 1 fully saturated rings. The summed E-state index contributed by atoms with van der Waals surface area (Å²) in [6.45, 7) is 1.39. The van der Waals surface area contributed by atoms with Crippen LogP contribution in [0, 0.1) is 5.92 Å². The third kappa shape index (κ3) is 1.84. The molecular formula is C12H14N4O2. The van der Waals surface area contributed by atoms with Crippen molar-refractivity contribution < 1.29 is 9.90 Å². The molecule has 3 rings (SSSR count). The second kappa shape index (κ2) is 4.38. The molecule has 2 aromatic heterocycles. The Kier molecular flexibility index (Phi) is 2.71. The van der Waals surface area contributed by atoms with Crippen LogP contribution < -0.4 is 5.32 Å². The smallest absolute Gasteiger partial charge is 0.308 e. The number of aliphatic carboxylic acids is 1. The quantitative estimate of drug-likeness (QED) is 0.807. The summed E-state index contributed by atoms with van der Waals surface area (Å²) in [6.07, 6.45) is 4.35. The van der Waals surface area contributed by atoms with E-state index in [0.717, 1.165) is 24.0 Å². The third-order valence-electron chi connectivity index (χ3n) is 3.55. The van der Waals surface area contributed by atoms with Crippen LogP contribution in [-0.4, -0.2) is 39.0 Å². The van der Waals surface area contributed by atoms with Crippen LogP contribution in [0.3, 0.4) is 0 Å². The molecule has 2 N–H and O–H groups in total. The van der Waals surface area contributed by atoms with Crippen molar-refractivity contribution in [2.45, 2.75) is 12.3 Å². The predicted octanol–water partition coefficient (Wildman–Crippen LogP) is 0.507. The van der Waals surface area contributed by atoms with Gasteiger partial charge < -0.3 is 10.4 Å². The average Bonchev–Trinajstić information content (AvgIpc) is 2.85. The highest BCUT2D eigenvalue weighted by molar-refractivity contribution is 5.72. The summed E-state index contributed by atoms with van der Waals surface area (Å²) in [5.74, 6) is -1.04. The number of nitrogens with one attached hydrogen (secondary N) is 1. The number of rotatable bonds is 2. The molecule has 18 heavy (non-hydrogen) atoms. The molecule has 0 saturated carbocycles. The van der Waals surface area contributed by atoms with Gasteiger partial charge in [0.15, 0.2) is 0 Å². The Morgan fingerprint density at radius 2 is 2.44 bits per heavy atom. The lowest BCUT2D eigenvalue weighted by Crippen LogP contribution is -2.39. The van der Waals surface area contributed by atoms with Gasteiger partial charge in [0.25, 0.3) is 0 Å². The van der Waals surface area contributed by atoms with Crippen LogP contribution in [0.5, 0.6) is 0 Å². The maximum absolute atomic E-state index is 11.3. The number of carboxylic acids is 1. The summed E-state index contributed by atoms with van der Waals surface area (Å²) in [7, 11) is 0. The van der Waals surface area contributed by atoms with E-state index in [4.69, 9.17) is 0 Å². The van der Waals surface area contributed by atoms with Gasteiger partial charge in [0.05, 0.1) is 17.6 Å². The lowest BCUT2D eigenvalue weighted by atomic mass is 9.81. The molecule has 6 nitrogen and oxygen atoms in total. The van der Waals surface area contributed by atoms with Crippen LogP contribution in [0.4, 0.5) is 0 Å². The topological polar surface area (TPSA) is 79.5 Å². The molecule has 94 valence electrons. The fraction of sp³-hybridized carbons (Fsp3) is 0.417. The van der Waals surface area contributed by atoms with Crippen molar-refractivity contribution in [3.8, 4) is 0 Å². The molecule has 2 unspecified atom stereocenters. The van der Waals surface area contributed by atoms with Crippen molar-refractivity contribution in [1.29, 1.82) is 0 Å². The molecule has 0 bridgehead atoms. The van der Waals surface area contributed by atoms with E-state index in [0.29, 0.717) is 6.54 Å². The van der Waals surface area contributed by atoms with Gasteiger partial charge in [-0.3, -0.25) is 4.79 Å². The molecule has 1 saturated heterocycles. The third-order valence-corrected chi connectivity index (χ3v) is 3.55. The first-order chi connectivity index (χ1) is 8.75. The second-order valence-electron chi connectivity index (χ2n) is 4.61. The molecule has 0 aliphatic carbocycles. The minimum atomic E-state index is -0.737. The Balaban J connectivity index is 1.97. The lowest BCUT2D eigenvalue weighted by molar-refractivity contribution is -0.142. The number of fused-ring (bicyclic) bond motifs is 1. The largest absolute Gasteiger partial charge is 0.481 e. The molecule has 3 heterocycles. The molecule has 0 radical (unpaired) electrons. The zero-order chi connectivity index (χ0) is 12.5. The van der Waals surface area contributed by atoms with Crippen molar-refractivity contribution in [1.82, 2.24) is 20.1 Å². The minimum Gasteiger partial charge on any atom is -0.481 e. The van der Waals surface area contributed by atoms with Gasteiger partial charge in [-0.2, -0.15) is 0 Å². The van der Waals surface area contributed by atoms with E-state index in [1.54, 1.807) is 10.7 Å². The molecule has 2 aromatic rings. The van der Waals surface area contributed by atoms with E-state index < -0.39 is 5.97 Å². The normalized spacial score (nSPS) is 24.2. The number of hydrogen-bond donors (Lipinski definition) is 2. The van der Waals surface area contributed by atoms with Gasteiger partial charge in [-0.25, -0.2) is 4.52 Å². The van der Waals surface area contributed by atoms with E-state index in [1.807, 2.05) is 18.3 Å². The molecule has 1 aliphatic heterocycles. The van der Waals surface area contributed by atoms with Crippen molar-refractivity contribution in [2.24, 2.45) is 5.92 Å². The Morgan fingerprint density at radius 1 is 1.56 bits per heavy atom. The van der Waals surface area contributed by atoms with Gasteiger partial charge in [0.1, 0.15) is 0 Å². The molecule has 0 aromatic carbocycles. The highest BCUT2D eigenvalue weighted by atomic mass is 16.4. The lowest BCUT2D eigenvalue weighted by Gasteiger charge is -2.29. The van der Waals surface area contributed by atoms with Crippen LogP contribution in [0.15, 0.2) is 24.5 Å². The fourth-order valence-electron chi connectivity index (χ4n) is 2.59. The molecule has 0 amide bonds. The fourth-order valence-corrected chi connectivity index (χ4v) is 2.59. The summed E-state index contributed by atoms with van der Waals surface area (Å²) in [5, 5.41) is 20.1. The molecule has 1 aliphatic rings. The standard InChI is InChI=1S/C12H14N4O2/c17-12(18)11-7-13-3-1-10(11)8-2-4-16-9(5-8)6-14-15-16/h2,4-6,10-11,13H,1,3,7H2,(H,17,18). The maximum Gasteiger partial charge on any atom is 0.308 e. The van der Waals surface area contributed by atoms with Gasteiger partial charge in [0.2, 0.25) is 0 Å². The number of piperidine rings is 1. The Hall–Kier alpha value is -1.95. The van der Waals surface area contributed by atoms with Crippen LogP contribution in [0.1, 0.15) is 17.9 Å². The number of hydrogen-bond acceptors (Lipinski definition) is 4. The summed E-state index contributed by atoms with van der Waals surface area (Å²) in [5.41, 5.74) is 1.95. The Labute approximate surface area is 104 Å². The zero-order valence-corrected chi connectivity index (χ0v) is 9.78. The Morgan fingerprint density at radius 3 is 3.28 bits per heavy atom. The van der Waals surface area contributed by atoms with Crippen LogP contribution >= 0.6 is 0 Å². The average molecular weight is 246 g/mol. The zero-order valence-electron chi connectivity index (χ0n) is 9.78.